The van der Waals surface area contributed by atoms with E-state index < -0.39 is 0 Å². The Kier molecular flexibility index (Phi) is 5.48. The summed E-state index contributed by atoms with van der Waals surface area (Å²) in [5.74, 6) is -0.0203. The lowest BCUT2D eigenvalue weighted by Gasteiger charge is -2.35. The molecule has 156 valence electrons. The number of carbonyl (C=O) groups excluding carboxylic acids is 1. The number of likely N-dealkylation sites (tertiary alicyclic amines) is 1. The third-order valence-electron chi connectivity index (χ3n) is 6.24. The number of hydrazine groups is 1. The first-order valence-corrected chi connectivity index (χ1v) is 10.9. The third-order valence-corrected chi connectivity index (χ3v) is 6.49. The first-order chi connectivity index (χ1) is 14.7. The number of rotatable bonds is 4. The van der Waals surface area contributed by atoms with E-state index in [-0.39, 0.29) is 18.0 Å². The normalized spacial score (nSPS) is 23.1. The molecule has 6 nitrogen and oxygen atoms in total. The van der Waals surface area contributed by atoms with Crippen LogP contribution in [0.5, 0.6) is 0 Å². The Morgan fingerprint density at radius 3 is 2.57 bits per heavy atom. The van der Waals surface area contributed by atoms with Gasteiger partial charge in [0.25, 0.3) is 5.91 Å². The molecular weight excluding hydrogens is 398 g/mol. The summed E-state index contributed by atoms with van der Waals surface area (Å²) in [6.45, 7) is 1.93. The van der Waals surface area contributed by atoms with Crippen LogP contribution in [0.4, 0.5) is 0 Å². The topological polar surface area (TPSA) is 72.2 Å². The molecule has 0 radical (unpaired) electrons. The molecule has 3 heterocycles. The van der Waals surface area contributed by atoms with Crippen LogP contribution in [0.25, 0.3) is 10.9 Å². The van der Waals surface area contributed by atoms with E-state index in [1.165, 1.54) is 5.56 Å². The smallest absolute Gasteiger partial charge is 0.267 e. The Balaban J connectivity index is 1.13. The Bertz CT molecular complexity index is 993. The van der Waals surface area contributed by atoms with Crippen molar-refractivity contribution in [1.29, 1.82) is 0 Å². The van der Waals surface area contributed by atoms with E-state index in [0.29, 0.717) is 11.9 Å². The van der Waals surface area contributed by atoms with Crippen molar-refractivity contribution < 1.29 is 4.79 Å². The molecule has 2 fully saturated rings. The Morgan fingerprint density at radius 2 is 1.80 bits per heavy atom. The maximum atomic E-state index is 12.7. The number of carbonyl (C=O) groups is 1. The molecule has 1 aromatic heterocycles. The minimum Gasteiger partial charge on any atom is -0.351 e. The molecule has 4 N–H and O–H groups in total. The molecule has 1 amide bonds. The SMILES string of the molecule is O=C(NC1CCN(C2CC(c3ccc(Cl)cc3)NN2)CC1)c1cc2ccccc2[nH]1. The standard InChI is InChI=1S/C23H26ClN5O/c24-17-7-5-15(6-8-17)20-14-22(28-27-20)29-11-9-18(10-12-29)25-23(30)21-13-16-3-1-2-4-19(16)26-21/h1-8,13,18,20,22,26-28H,9-12,14H2,(H,25,30). The number of nitrogens with zero attached hydrogens (tertiary/aromatic N) is 1. The molecule has 2 aliphatic heterocycles. The van der Waals surface area contributed by atoms with Gasteiger partial charge in [-0.05, 0) is 49.1 Å². The lowest BCUT2D eigenvalue weighted by atomic mass is 10.0. The Labute approximate surface area is 180 Å². The van der Waals surface area contributed by atoms with Crippen LogP contribution in [-0.4, -0.2) is 41.1 Å². The van der Waals surface area contributed by atoms with E-state index in [2.05, 4.69) is 38.2 Å². The van der Waals surface area contributed by atoms with Gasteiger partial charge in [0.15, 0.2) is 0 Å². The van der Waals surface area contributed by atoms with E-state index in [1.807, 2.05) is 42.5 Å². The second-order valence-corrected chi connectivity index (χ2v) is 8.63. The van der Waals surface area contributed by atoms with Gasteiger partial charge in [0.05, 0.1) is 6.17 Å². The summed E-state index contributed by atoms with van der Waals surface area (Å²) in [7, 11) is 0. The number of para-hydroxylation sites is 1. The van der Waals surface area contributed by atoms with E-state index >= 15 is 0 Å². The summed E-state index contributed by atoms with van der Waals surface area (Å²) in [5.41, 5.74) is 9.71. The van der Waals surface area contributed by atoms with Crippen LogP contribution in [0.1, 0.15) is 41.4 Å². The van der Waals surface area contributed by atoms with Crippen LogP contribution >= 0.6 is 11.6 Å². The van der Waals surface area contributed by atoms with Crippen molar-refractivity contribution in [3.05, 3.63) is 70.9 Å². The zero-order valence-corrected chi connectivity index (χ0v) is 17.5. The number of amides is 1. The molecular formula is C23H26ClN5O. The van der Waals surface area contributed by atoms with Crippen molar-refractivity contribution in [1.82, 2.24) is 26.1 Å². The van der Waals surface area contributed by atoms with Gasteiger partial charge < -0.3 is 10.3 Å². The molecule has 3 aromatic rings. The Morgan fingerprint density at radius 1 is 1.03 bits per heavy atom. The van der Waals surface area contributed by atoms with Gasteiger partial charge >= 0.3 is 0 Å². The quantitative estimate of drug-likeness (QED) is 0.517. The minimum absolute atomic E-state index is 0.0203. The van der Waals surface area contributed by atoms with Crippen LogP contribution in [0.3, 0.4) is 0 Å². The molecule has 5 rings (SSSR count). The van der Waals surface area contributed by atoms with Crippen molar-refractivity contribution >= 4 is 28.4 Å². The molecule has 7 heteroatoms. The number of hydrogen-bond acceptors (Lipinski definition) is 4. The number of halogens is 1. The van der Waals surface area contributed by atoms with Crippen LogP contribution in [0.2, 0.25) is 5.02 Å². The number of aromatic amines is 1. The zero-order valence-electron chi connectivity index (χ0n) is 16.7. The summed E-state index contributed by atoms with van der Waals surface area (Å²) < 4.78 is 0. The highest BCUT2D eigenvalue weighted by Crippen LogP contribution is 2.26. The van der Waals surface area contributed by atoms with Crippen molar-refractivity contribution in [3.8, 4) is 0 Å². The van der Waals surface area contributed by atoms with Gasteiger partial charge in [0.2, 0.25) is 0 Å². The molecule has 2 atom stereocenters. The fourth-order valence-electron chi connectivity index (χ4n) is 4.51. The fraction of sp³-hybridized carbons (Fsp3) is 0.348. The van der Waals surface area contributed by atoms with Crippen molar-refractivity contribution in [3.63, 3.8) is 0 Å². The predicted molar refractivity (Wildman–Crippen MR) is 119 cm³/mol. The van der Waals surface area contributed by atoms with Gasteiger partial charge in [-0.2, -0.15) is 0 Å². The fourth-order valence-corrected chi connectivity index (χ4v) is 4.63. The molecule has 2 unspecified atom stereocenters. The average Bonchev–Trinajstić information content (AvgIpc) is 3.42. The minimum atomic E-state index is -0.0203. The number of fused-ring (bicyclic) bond motifs is 1. The van der Waals surface area contributed by atoms with Crippen LogP contribution in [-0.2, 0) is 0 Å². The largest absolute Gasteiger partial charge is 0.351 e. The van der Waals surface area contributed by atoms with Gasteiger partial charge in [-0.15, -0.1) is 0 Å². The molecule has 0 bridgehead atoms. The highest BCUT2D eigenvalue weighted by atomic mass is 35.5. The number of hydrogen-bond donors (Lipinski definition) is 4. The summed E-state index contributed by atoms with van der Waals surface area (Å²) in [5, 5.41) is 5.03. The molecule has 0 aliphatic carbocycles. The number of benzene rings is 2. The second-order valence-electron chi connectivity index (χ2n) is 8.20. The maximum absolute atomic E-state index is 12.7. The summed E-state index contributed by atoms with van der Waals surface area (Å²) in [6, 6.07) is 18.4. The van der Waals surface area contributed by atoms with E-state index in [9.17, 15) is 4.79 Å². The van der Waals surface area contributed by atoms with Gasteiger partial charge in [0.1, 0.15) is 5.69 Å². The lowest BCUT2D eigenvalue weighted by Crippen LogP contribution is -2.51. The van der Waals surface area contributed by atoms with E-state index in [0.717, 1.165) is 48.3 Å². The van der Waals surface area contributed by atoms with Gasteiger partial charge in [-0.3, -0.25) is 9.69 Å². The lowest BCUT2D eigenvalue weighted by molar-refractivity contribution is 0.0876. The monoisotopic (exact) mass is 423 g/mol. The highest BCUT2D eigenvalue weighted by Gasteiger charge is 2.32. The first kappa shape index (κ1) is 19.6. The van der Waals surface area contributed by atoms with Crippen LogP contribution in [0, 0.1) is 0 Å². The van der Waals surface area contributed by atoms with Crippen LogP contribution < -0.4 is 16.2 Å². The van der Waals surface area contributed by atoms with Gasteiger partial charge in [0, 0.05) is 41.1 Å². The Hall–Kier alpha value is -2.38. The second kappa shape index (κ2) is 8.40. The van der Waals surface area contributed by atoms with Gasteiger partial charge in [-0.25, -0.2) is 10.9 Å². The molecule has 2 aromatic carbocycles. The molecule has 30 heavy (non-hydrogen) atoms. The molecule has 2 saturated heterocycles. The number of aromatic nitrogens is 1. The van der Waals surface area contributed by atoms with Gasteiger partial charge in [-0.1, -0.05) is 41.9 Å². The molecule has 0 saturated carbocycles. The van der Waals surface area contributed by atoms with Crippen molar-refractivity contribution in [2.75, 3.05) is 13.1 Å². The summed E-state index contributed by atoms with van der Waals surface area (Å²) in [6.07, 6.45) is 3.22. The summed E-state index contributed by atoms with van der Waals surface area (Å²) >= 11 is 6.00. The predicted octanol–water partition coefficient (Wildman–Crippen LogP) is 3.58. The zero-order chi connectivity index (χ0) is 20.5. The molecule has 2 aliphatic rings. The van der Waals surface area contributed by atoms with Crippen LogP contribution in [0.15, 0.2) is 54.6 Å². The van der Waals surface area contributed by atoms with Crippen molar-refractivity contribution in [2.45, 2.75) is 37.5 Å². The van der Waals surface area contributed by atoms with E-state index in [4.69, 9.17) is 11.6 Å². The molecule has 0 spiro atoms. The third kappa shape index (κ3) is 4.09. The average molecular weight is 424 g/mol. The number of H-pyrrole nitrogens is 1. The van der Waals surface area contributed by atoms with Crippen molar-refractivity contribution in [2.24, 2.45) is 0 Å². The number of nitrogens with one attached hydrogen (secondary N) is 4. The first-order valence-electron chi connectivity index (χ1n) is 10.5. The highest BCUT2D eigenvalue weighted by molar-refractivity contribution is 6.30. The number of piperidine rings is 1. The van der Waals surface area contributed by atoms with E-state index in [1.54, 1.807) is 0 Å². The maximum Gasteiger partial charge on any atom is 0.267 e. The summed E-state index contributed by atoms with van der Waals surface area (Å²) in [4.78, 5) is 18.3.